The first-order valence-corrected chi connectivity index (χ1v) is 8.04. The molecule has 1 aromatic heterocycles. The van der Waals surface area contributed by atoms with Crippen LogP contribution in [0, 0.1) is 0 Å². The number of nitrogens with zero attached hydrogens (tertiary/aromatic N) is 5. The van der Waals surface area contributed by atoms with E-state index in [1.807, 2.05) is 0 Å². The molecule has 1 N–H and O–H groups in total. The number of aromatic nitrogens is 4. The van der Waals surface area contributed by atoms with Crippen LogP contribution >= 0.6 is 0 Å². The van der Waals surface area contributed by atoms with Gasteiger partial charge in [-0.05, 0) is 28.6 Å². The first kappa shape index (κ1) is 14.6. The summed E-state index contributed by atoms with van der Waals surface area (Å²) >= 11 is 0. The normalized spacial score (nSPS) is 18.9. The Hall–Kier alpha value is -2.33. The molecule has 1 aromatic carbocycles. The Bertz CT molecular complexity index is 789. The molecule has 2 heterocycles. The molecule has 0 spiro atoms. The summed E-state index contributed by atoms with van der Waals surface area (Å²) in [5.41, 5.74) is 0.535. The fourth-order valence-electron chi connectivity index (χ4n) is 2.30. The van der Waals surface area contributed by atoms with E-state index in [9.17, 15) is 13.2 Å². The number of nitrogens with one attached hydrogen (secondary N) is 1. The number of likely N-dealkylation sites (tertiary alicyclic amines) is 1. The molecule has 1 saturated heterocycles. The molecule has 1 atom stereocenters. The number of carbonyl (C=O) groups excluding carboxylic acids is 1. The summed E-state index contributed by atoms with van der Waals surface area (Å²) in [7, 11) is -2.07. The van der Waals surface area contributed by atoms with Gasteiger partial charge < -0.3 is 4.90 Å². The topological polar surface area (TPSA) is 110 Å². The third-order valence-electron chi connectivity index (χ3n) is 3.40. The molecule has 2 aromatic rings. The summed E-state index contributed by atoms with van der Waals surface area (Å²) in [5, 5.41) is 10.8. The van der Waals surface area contributed by atoms with Gasteiger partial charge in [-0.1, -0.05) is 6.07 Å². The SMILES string of the molecule is CN1CC(NS(=O)(=O)c2cccc(-n3cnnn3)c2)CC1=O. The molecular formula is C12H14N6O3S. The van der Waals surface area contributed by atoms with Crippen molar-refractivity contribution in [2.45, 2.75) is 17.4 Å². The number of rotatable bonds is 4. The van der Waals surface area contributed by atoms with Crippen molar-refractivity contribution in [3.63, 3.8) is 0 Å². The number of benzene rings is 1. The summed E-state index contributed by atoms with van der Waals surface area (Å²) in [5.74, 6) is -0.0739. The van der Waals surface area contributed by atoms with E-state index in [2.05, 4.69) is 20.2 Å². The van der Waals surface area contributed by atoms with Crippen LogP contribution in [0.4, 0.5) is 0 Å². The van der Waals surface area contributed by atoms with E-state index in [0.29, 0.717) is 12.2 Å². The second kappa shape index (κ2) is 5.46. The number of hydrogen-bond donors (Lipinski definition) is 1. The maximum atomic E-state index is 12.4. The lowest BCUT2D eigenvalue weighted by Gasteiger charge is -2.13. The first-order valence-electron chi connectivity index (χ1n) is 6.55. The number of amides is 1. The third-order valence-corrected chi connectivity index (χ3v) is 4.92. The minimum Gasteiger partial charge on any atom is -0.344 e. The molecule has 0 aliphatic carbocycles. The van der Waals surface area contributed by atoms with Gasteiger partial charge >= 0.3 is 0 Å². The van der Waals surface area contributed by atoms with Gasteiger partial charge in [0.2, 0.25) is 15.9 Å². The van der Waals surface area contributed by atoms with Crippen molar-refractivity contribution in [3.05, 3.63) is 30.6 Å². The molecule has 1 aliphatic heterocycles. The van der Waals surface area contributed by atoms with Crippen LogP contribution in [0.2, 0.25) is 0 Å². The van der Waals surface area contributed by atoms with Crippen molar-refractivity contribution >= 4 is 15.9 Å². The van der Waals surface area contributed by atoms with Gasteiger partial charge in [0.25, 0.3) is 0 Å². The lowest BCUT2D eigenvalue weighted by atomic mass is 10.3. The van der Waals surface area contributed by atoms with Gasteiger partial charge in [-0.15, -0.1) is 5.10 Å². The van der Waals surface area contributed by atoms with Crippen molar-refractivity contribution in [2.75, 3.05) is 13.6 Å². The minimum absolute atomic E-state index is 0.0739. The van der Waals surface area contributed by atoms with Gasteiger partial charge in [-0.25, -0.2) is 17.8 Å². The third kappa shape index (κ3) is 2.83. The molecule has 3 rings (SSSR count). The Morgan fingerprint density at radius 3 is 2.82 bits per heavy atom. The maximum absolute atomic E-state index is 12.4. The molecule has 0 radical (unpaired) electrons. The molecule has 0 bridgehead atoms. The van der Waals surface area contributed by atoms with Crippen LogP contribution in [-0.4, -0.2) is 59.1 Å². The van der Waals surface area contributed by atoms with E-state index < -0.39 is 16.1 Å². The Kier molecular flexibility index (Phi) is 3.62. The fourth-order valence-corrected chi connectivity index (χ4v) is 3.57. The van der Waals surface area contributed by atoms with E-state index in [-0.39, 0.29) is 17.2 Å². The van der Waals surface area contributed by atoms with Crippen molar-refractivity contribution in [1.29, 1.82) is 0 Å². The predicted octanol–water partition coefficient (Wildman–Crippen LogP) is -0.829. The Labute approximate surface area is 127 Å². The number of sulfonamides is 1. The van der Waals surface area contributed by atoms with Crippen LogP contribution in [0.3, 0.4) is 0 Å². The number of hydrogen-bond acceptors (Lipinski definition) is 6. The van der Waals surface area contributed by atoms with Crippen LogP contribution < -0.4 is 4.72 Å². The summed E-state index contributed by atoms with van der Waals surface area (Å²) in [6, 6.07) is 5.84. The van der Waals surface area contributed by atoms with E-state index in [1.165, 1.54) is 28.0 Å². The van der Waals surface area contributed by atoms with E-state index in [4.69, 9.17) is 0 Å². The molecule has 116 valence electrons. The van der Waals surface area contributed by atoms with Gasteiger partial charge in [-0.2, -0.15) is 0 Å². The molecule has 1 amide bonds. The van der Waals surface area contributed by atoms with E-state index in [0.717, 1.165) is 0 Å². The van der Waals surface area contributed by atoms with Crippen molar-refractivity contribution in [2.24, 2.45) is 0 Å². The molecular weight excluding hydrogens is 308 g/mol. The Balaban J connectivity index is 1.84. The van der Waals surface area contributed by atoms with Crippen LogP contribution in [0.1, 0.15) is 6.42 Å². The second-order valence-corrected chi connectivity index (χ2v) is 6.76. The molecule has 1 aliphatic rings. The highest BCUT2D eigenvalue weighted by Gasteiger charge is 2.30. The molecule has 1 unspecified atom stereocenters. The standard InChI is InChI=1S/C12H14N6O3S/c1-17-7-9(5-12(17)19)14-22(20,21)11-4-2-3-10(6-11)18-8-13-15-16-18/h2-4,6,8-9,14H,5,7H2,1H3. The summed E-state index contributed by atoms with van der Waals surface area (Å²) in [6.07, 6.45) is 1.55. The average molecular weight is 322 g/mol. The lowest BCUT2D eigenvalue weighted by Crippen LogP contribution is -2.36. The maximum Gasteiger partial charge on any atom is 0.240 e. The highest BCUT2D eigenvalue weighted by atomic mass is 32.2. The highest BCUT2D eigenvalue weighted by Crippen LogP contribution is 2.16. The number of carbonyl (C=O) groups is 1. The van der Waals surface area contributed by atoms with Crippen LogP contribution in [-0.2, 0) is 14.8 Å². The minimum atomic E-state index is -3.71. The van der Waals surface area contributed by atoms with Crippen LogP contribution in [0.15, 0.2) is 35.5 Å². The van der Waals surface area contributed by atoms with Crippen LogP contribution in [0.5, 0.6) is 0 Å². The van der Waals surface area contributed by atoms with Gasteiger partial charge in [0.05, 0.1) is 10.6 Å². The van der Waals surface area contributed by atoms with Crippen molar-refractivity contribution < 1.29 is 13.2 Å². The zero-order chi connectivity index (χ0) is 15.7. The van der Waals surface area contributed by atoms with E-state index >= 15 is 0 Å². The second-order valence-electron chi connectivity index (χ2n) is 5.05. The fraction of sp³-hybridized carbons (Fsp3) is 0.333. The molecule has 9 nitrogen and oxygen atoms in total. The van der Waals surface area contributed by atoms with Crippen molar-refractivity contribution in [3.8, 4) is 5.69 Å². The van der Waals surface area contributed by atoms with E-state index in [1.54, 1.807) is 19.2 Å². The Morgan fingerprint density at radius 1 is 1.36 bits per heavy atom. The number of tetrazole rings is 1. The number of likely N-dealkylation sites (N-methyl/N-ethyl adjacent to an activating group) is 1. The van der Waals surface area contributed by atoms with Crippen LogP contribution in [0.25, 0.3) is 5.69 Å². The predicted molar refractivity (Wildman–Crippen MR) is 75.5 cm³/mol. The van der Waals surface area contributed by atoms with Gasteiger partial charge in [0.15, 0.2) is 0 Å². The quantitative estimate of drug-likeness (QED) is 0.787. The van der Waals surface area contributed by atoms with Gasteiger partial charge in [0, 0.05) is 26.1 Å². The first-order chi connectivity index (χ1) is 10.5. The summed E-state index contributed by atoms with van der Waals surface area (Å²) in [6.45, 7) is 0.366. The summed E-state index contributed by atoms with van der Waals surface area (Å²) < 4.78 is 28.8. The van der Waals surface area contributed by atoms with Gasteiger partial charge in [-0.3, -0.25) is 4.79 Å². The molecule has 1 fully saturated rings. The highest BCUT2D eigenvalue weighted by molar-refractivity contribution is 7.89. The molecule has 10 heteroatoms. The zero-order valence-corrected chi connectivity index (χ0v) is 12.6. The molecule has 0 saturated carbocycles. The lowest BCUT2D eigenvalue weighted by molar-refractivity contribution is -0.126. The van der Waals surface area contributed by atoms with Gasteiger partial charge in [0.1, 0.15) is 6.33 Å². The summed E-state index contributed by atoms with van der Waals surface area (Å²) in [4.78, 5) is 13.1. The zero-order valence-electron chi connectivity index (χ0n) is 11.7. The van der Waals surface area contributed by atoms with Crippen molar-refractivity contribution in [1.82, 2.24) is 29.8 Å². The monoisotopic (exact) mass is 322 g/mol. The Morgan fingerprint density at radius 2 is 2.18 bits per heavy atom. The average Bonchev–Trinajstić information content (AvgIpc) is 3.10. The largest absolute Gasteiger partial charge is 0.344 e. The smallest absolute Gasteiger partial charge is 0.240 e. The molecule has 22 heavy (non-hydrogen) atoms.